The molecule has 0 fully saturated rings. The molecular weight excluding hydrogens is 308 g/mol. The zero-order valence-corrected chi connectivity index (χ0v) is 13.6. The summed E-state index contributed by atoms with van der Waals surface area (Å²) in [6.45, 7) is 1.98. The highest BCUT2D eigenvalue weighted by Crippen LogP contribution is 2.39. The van der Waals surface area contributed by atoms with Crippen LogP contribution in [0.3, 0.4) is 0 Å². The number of aromatic nitrogens is 2. The Bertz CT molecular complexity index is 923. The number of rotatable bonds is 2. The number of carbonyl (C=O) groups excluding carboxylic acids is 1. The van der Waals surface area contributed by atoms with Gasteiger partial charge >= 0.3 is 0 Å². The van der Waals surface area contributed by atoms with Crippen LogP contribution >= 0.6 is 11.3 Å². The Morgan fingerprint density at radius 1 is 1.30 bits per heavy atom. The topological polar surface area (TPSA) is 59.0 Å². The van der Waals surface area contributed by atoms with Crippen molar-refractivity contribution in [2.75, 3.05) is 12.4 Å². The number of fused-ring (bicyclic) bond motifs is 3. The molecule has 2 N–H and O–H groups in total. The van der Waals surface area contributed by atoms with Gasteiger partial charge in [-0.1, -0.05) is 18.2 Å². The number of allylic oxidation sites excluding steroid dienone is 1. The Balaban J connectivity index is 1.98. The van der Waals surface area contributed by atoms with Crippen LogP contribution in [0.2, 0.25) is 0 Å². The van der Waals surface area contributed by atoms with E-state index in [-0.39, 0.29) is 11.9 Å². The Morgan fingerprint density at radius 2 is 2.13 bits per heavy atom. The summed E-state index contributed by atoms with van der Waals surface area (Å²) in [7, 11) is 1.66. The van der Waals surface area contributed by atoms with Crippen LogP contribution in [0.4, 0.5) is 5.95 Å². The number of carbonyl (C=O) groups is 1. The van der Waals surface area contributed by atoms with E-state index in [9.17, 15) is 4.79 Å². The molecule has 1 unspecified atom stereocenters. The average molecular weight is 324 g/mol. The first-order valence-corrected chi connectivity index (χ1v) is 8.29. The Hall–Kier alpha value is -2.60. The molecular formula is C17H16N4OS. The number of hydrogen-bond donors (Lipinski definition) is 2. The number of hydrogen-bond acceptors (Lipinski definition) is 4. The van der Waals surface area contributed by atoms with Gasteiger partial charge in [-0.15, -0.1) is 11.3 Å². The van der Waals surface area contributed by atoms with Gasteiger partial charge in [-0.05, 0) is 30.5 Å². The van der Waals surface area contributed by atoms with Crippen LogP contribution in [0.5, 0.6) is 0 Å². The van der Waals surface area contributed by atoms with E-state index in [0.717, 1.165) is 33.1 Å². The summed E-state index contributed by atoms with van der Waals surface area (Å²) in [5, 5.41) is 8.21. The quantitative estimate of drug-likeness (QED) is 0.761. The minimum absolute atomic E-state index is 0.0724. The van der Waals surface area contributed by atoms with Crippen LogP contribution < -0.4 is 10.6 Å². The second-order valence-corrected chi connectivity index (χ2v) is 6.41. The molecule has 23 heavy (non-hydrogen) atoms. The molecule has 3 heterocycles. The molecule has 1 amide bonds. The predicted octanol–water partition coefficient (Wildman–Crippen LogP) is 3.24. The average Bonchev–Trinajstić information content (AvgIpc) is 3.21. The summed E-state index contributed by atoms with van der Waals surface area (Å²) in [6, 6.07) is 11.8. The summed E-state index contributed by atoms with van der Waals surface area (Å²) in [6.07, 6.45) is 0. The first kappa shape index (κ1) is 14.0. The van der Waals surface area contributed by atoms with E-state index >= 15 is 0 Å². The second kappa shape index (κ2) is 5.24. The molecule has 5 nitrogen and oxygen atoms in total. The van der Waals surface area contributed by atoms with E-state index in [4.69, 9.17) is 0 Å². The Kier molecular flexibility index (Phi) is 3.20. The van der Waals surface area contributed by atoms with Gasteiger partial charge in [-0.25, -0.2) is 4.98 Å². The van der Waals surface area contributed by atoms with Gasteiger partial charge < -0.3 is 10.6 Å². The van der Waals surface area contributed by atoms with Crippen molar-refractivity contribution in [1.82, 2.24) is 14.9 Å². The third-order valence-electron chi connectivity index (χ3n) is 4.15. The minimum atomic E-state index is -0.181. The van der Waals surface area contributed by atoms with E-state index in [0.29, 0.717) is 0 Å². The molecule has 1 aliphatic rings. The van der Waals surface area contributed by atoms with E-state index in [1.54, 1.807) is 18.4 Å². The number of thiophene rings is 1. The minimum Gasteiger partial charge on any atom is -0.355 e. The van der Waals surface area contributed by atoms with Crippen molar-refractivity contribution < 1.29 is 4.79 Å². The molecule has 1 aromatic carbocycles. The fraction of sp³-hybridized carbons (Fsp3) is 0.176. The maximum Gasteiger partial charge on any atom is 0.251 e. The first-order chi connectivity index (χ1) is 11.2. The number of amides is 1. The van der Waals surface area contributed by atoms with Crippen molar-refractivity contribution in [3.05, 3.63) is 52.2 Å². The van der Waals surface area contributed by atoms with E-state index in [1.807, 2.05) is 53.3 Å². The number of benzene rings is 1. The lowest BCUT2D eigenvalue weighted by Gasteiger charge is -2.28. The number of anilines is 1. The molecule has 0 bridgehead atoms. The highest BCUT2D eigenvalue weighted by molar-refractivity contribution is 7.10. The lowest BCUT2D eigenvalue weighted by atomic mass is 10.0. The van der Waals surface area contributed by atoms with Crippen molar-refractivity contribution >= 4 is 39.9 Å². The molecule has 4 rings (SSSR count). The fourth-order valence-electron chi connectivity index (χ4n) is 3.09. The summed E-state index contributed by atoms with van der Waals surface area (Å²) < 4.78 is 2.02. The lowest BCUT2D eigenvalue weighted by molar-refractivity contribution is -0.117. The zero-order chi connectivity index (χ0) is 16.0. The van der Waals surface area contributed by atoms with Gasteiger partial charge in [0.05, 0.1) is 22.6 Å². The molecule has 2 aromatic heterocycles. The predicted molar refractivity (Wildman–Crippen MR) is 93.4 cm³/mol. The third-order valence-corrected chi connectivity index (χ3v) is 5.08. The van der Waals surface area contributed by atoms with Crippen LogP contribution in [0.15, 0.2) is 47.4 Å². The molecule has 0 aliphatic carbocycles. The van der Waals surface area contributed by atoms with Crippen molar-refractivity contribution in [3.8, 4) is 0 Å². The zero-order valence-electron chi connectivity index (χ0n) is 12.8. The summed E-state index contributed by atoms with van der Waals surface area (Å²) in [5.41, 5.74) is 3.55. The number of nitrogens with one attached hydrogen (secondary N) is 2. The highest BCUT2D eigenvalue weighted by atomic mass is 32.1. The molecule has 3 aromatic rings. The van der Waals surface area contributed by atoms with Gasteiger partial charge in [0, 0.05) is 17.6 Å². The SMILES string of the molecule is CNC(=O)C1=C(C)n2c(nc3ccccc32)NC1c1cccs1. The van der Waals surface area contributed by atoms with Gasteiger partial charge in [0.1, 0.15) is 0 Å². The lowest BCUT2D eigenvalue weighted by Crippen LogP contribution is -2.32. The summed E-state index contributed by atoms with van der Waals surface area (Å²) >= 11 is 1.63. The summed E-state index contributed by atoms with van der Waals surface area (Å²) in [4.78, 5) is 18.3. The van der Waals surface area contributed by atoms with Gasteiger partial charge in [0.2, 0.25) is 5.95 Å². The smallest absolute Gasteiger partial charge is 0.251 e. The van der Waals surface area contributed by atoms with Crippen molar-refractivity contribution in [2.45, 2.75) is 13.0 Å². The van der Waals surface area contributed by atoms with Gasteiger partial charge in [0.25, 0.3) is 5.91 Å². The molecule has 116 valence electrons. The van der Waals surface area contributed by atoms with Gasteiger partial charge in [-0.2, -0.15) is 0 Å². The monoisotopic (exact) mass is 324 g/mol. The third kappa shape index (κ3) is 2.06. The molecule has 0 saturated heterocycles. The van der Waals surface area contributed by atoms with E-state index in [2.05, 4.69) is 15.6 Å². The molecule has 0 radical (unpaired) electrons. The number of imidazole rings is 1. The van der Waals surface area contributed by atoms with Gasteiger partial charge in [-0.3, -0.25) is 9.36 Å². The number of likely N-dealkylation sites (N-methyl/N-ethyl adjacent to an activating group) is 1. The van der Waals surface area contributed by atoms with Crippen molar-refractivity contribution in [2.24, 2.45) is 0 Å². The standard InChI is InChI=1S/C17H16N4OS/c1-10-14(16(22)18-2)15(13-8-5-9-23-13)20-17-19-11-6-3-4-7-12(11)21(10)17/h3-9,15H,1-2H3,(H,18,22)(H,19,20). The molecule has 0 spiro atoms. The van der Waals surface area contributed by atoms with Crippen molar-refractivity contribution in [3.63, 3.8) is 0 Å². The van der Waals surface area contributed by atoms with Crippen LogP contribution in [0, 0.1) is 0 Å². The number of nitrogens with zero attached hydrogens (tertiary/aromatic N) is 2. The maximum absolute atomic E-state index is 12.5. The summed E-state index contributed by atoms with van der Waals surface area (Å²) in [5.74, 6) is 0.701. The second-order valence-electron chi connectivity index (χ2n) is 5.43. The first-order valence-electron chi connectivity index (χ1n) is 7.41. The van der Waals surface area contributed by atoms with Crippen molar-refractivity contribution in [1.29, 1.82) is 0 Å². The van der Waals surface area contributed by atoms with Crippen LogP contribution in [-0.2, 0) is 4.79 Å². The molecule has 1 atom stereocenters. The molecule has 1 aliphatic heterocycles. The Morgan fingerprint density at radius 3 is 2.87 bits per heavy atom. The van der Waals surface area contributed by atoms with Gasteiger partial charge in [0.15, 0.2) is 0 Å². The maximum atomic E-state index is 12.5. The molecule has 0 saturated carbocycles. The highest BCUT2D eigenvalue weighted by Gasteiger charge is 2.32. The number of para-hydroxylation sites is 2. The van der Waals surface area contributed by atoms with E-state index < -0.39 is 0 Å². The van der Waals surface area contributed by atoms with Crippen LogP contribution in [0.25, 0.3) is 16.7 Å². The van der Waals surface area contributed by atoms with Crippen LogP contribution in [-0.4, -0.2) is 22.5 Å². The normalized spacial score (nSPS) is 17.0. The van der Waals surface area contributed by atoms with Crippen LogP contribution in [0.1, 0.15) is 17.8 Å². The largest absolute Gasteiger partial charge is 0.355 e. The fourth-order valence-corrected chi connectivity index (χ4v) is 3.88. The van der Waals surface area contributed by atoms with E-state index in [1.165, 1.54) is 0 Å². The molecule has 6 heteroatoms. The Labute approximate surface area is 137 Å².